The van der Waals surface area contributed by atoms with E-state index in [0.717, 1.165) is 0 Å². The molecule has 102 valence electrons. The largest absolute Gasteiger partial charge is 0.294 e. The van der Waals surface area contributed by atoms with Crippen LogP contribution in [0.2, 0.25) is 0 Å². The second-order valence-electron chi connectivity index (χ2n) is 2.99. The van der Waals surface area contributed by atoms with Crippen molar-refractivity contribution in [2.24, 2.45) is 35.2 Å². The van der Waals surface area contributed by atoms with Crippen LogP contribution in [-0.4, -0.2) is 23.6 Å². The Morgan fingerprint density at radius 3 is 0.833 bits per heavy atom. The first-order chi connectivity index (χ1) is 8.44. The van der Waals surface area contributed by atoms with Crippen LogP contribution >= 0.6 is 0 Å². The van der Waals surface area contributed by atoms with Crippen molar-refractivity contribution in [3.63, 3.8) is 0 Å². The van der Waals surface area contributed by atoms with E-state index in [1.807, 2.05) is 0 Å². The molecule has 4 amide bonds. The Morgan fingerprint density at radius 2 is 0.722 bits per heavy atom. The molecule has 0 aliphatic carbocycles. The Morgan fingerprint density at radius 1 is 0.556 bits per heavy atom. The Labute approximate surface area is 101 Å². The molecule has 0 heterocycles. The number of hydrogen-bond acceptors (Lipinski definition) is 8. The van der Waals surface area contributed by atoms with E-state index in [-0.39, 0.29) is 0 Å². The topological polar surface area (TPSA) is 220 Å². The summed E-state index contributed by atoms with van der Waals surface area (Å²) in [7, 11) is 0. The van der Waals surface area contributed by atoms with Gasteiger partial charge in [0.15, 0.2) is 0 Å². The van der Waals surface area contributed by atoms with E-state index in [1.54, 1.807) is 21.7 Å². The zero-order valence-electron chi connectivity index (χ0n) is 9.10. The fourth-order valence-electron chi connectivity index (χ4n) is 1.20. The third-order valence-electron chi connectivity index (χ3n) is 2.03. The summed E-state index contributed by atoms with van der Waals surface area (Å²) in [6, 6.07) is 0. The number of nitrogens with two attached hydrogens (primary N) is 4. The maximum absolute atomic E-state index is 11.4. The van der Waals surface area contributed by atoms with Crippen LogP contribution in [0.5, 0.6) is 0 Å². The van der Waals surface area contributed by atoms with Gasteiger partial charge >= 0.3 is 0 Å². The van der Waals surface area contributed by atoms with Gasteiger partial charge in [0.1, 0.15) is 11.8 Å². The molecule has 0 fully saturated rings. The molecule has 18 heavy (non-hydrogen) atoms. The first-order valence-corrected chi connectivity index (χ1v) is 4.46. The third kappa shape index (κ3) is 3.36. The lowest BCUT2D eigenvalue weighted by molar-refractivity contribution is -0.149. The molecule has 0 aromatic carbocycles. The molecule has 12 nitrogen and oxygen atoms in total. The standard InChI is InChI=1S/C6H14N8O4/c7-11-3(15)1(4(16)12-8)2(5(17)13-9)6(18)14-10/h1-2H,7-10H2,(H,11,15)(H,12,16)(H,13,17)(H,14,18). The highest BCUT2D eigenvalue weighted by Crippen LogP contribution is 2.13. The summed E-state index contributed by atoms with van der Waals surface area (Å²) in [5, 5.41) is 0. The second kappa shape index (κ2) is 7.13. The van der Waals surface area contributed by atoms with Crippen molar-refractivity contribution < 1.29 is 19.2 Å². The first-order valence-electron chi connectivity index (χ1n) is 4.46. The van der Waals surface area contributed by atoms with Crippen LogP contribution in [0, 0.1) is 11.8 Å². The summed E-state index contributed by atoms with van der Waals surface area (Å²) >= 11 is 0. The SMILES string of the molecule is NNC(=O)C(C(=O)NN)C(C(=O)NN)C(=O)NN. The minimum absolute atomic E-state index is 1.12. The zero-order valence-corrected chi connectivity index (χ0v) is 9.10. The van der Waals surface area contributed by atoms with E-state index < -0.39 is 35.5 Å². The summed E-state index contributed by atoms with van der Waals surface area (Å²) < 4.78 is 0. The molecule has 0 bridgehead atoms. The number of hydrogen-bond donors (Lipinski definition) is 8. The van der Waals surface area contributed by atoms with Gasteiger partial charge in [-0.1, -0.05) is 0 Å². The molecule has 0 unspecified atom stereocenters. The number of hydrazine groups is 4. The van der Waals surface area contributed by atoms with E-state index in [4.69, 9.17) is 23.4 Å². The predicted molar refractivity (Wildman–Crippen MR) is 56.3 cm³/mol. The van der Waals surface area contributed by atoms with E-state index in [1.165, 1.54) is 0 Å². The quantitative estimate of drug-likeness (QED) is 0.103. The van der Waals surface area contributed by atoms with Crippen molar-refractivity contribution in [3.8, 4) is 0 Å². The normalized spacial score (nSPS) is 9.89. The lowest BCUT2D eigenvalue weighted by Gasteiger charge is -2.21. The van der Waals surface area contributed by atoms with Gasteiger partial charge < -0.3 is 0 Å². The highest BCUT2D eigenvalue weighted by atomic mass is 16.2. The van der Waals surface area contributed by atoms with E-state index in [2.05, 4.69) is 0 Å². The number of nitrogens with one attached hydrogen (secondary N) is 4. The molecular weight excluding hydrogens is 248 g/mol. The average Bonchev–Trinajstić information content (AvgIpc) is 2.41. The number of rotatable bonds is 5. The summed E-state index contributed by atoms with van der Waals surface area (Å²) in [6.07, 6.45) is 0. The van der Waals surface area contributed by atoms with Crippen LogP contribution < -0.4 is 45.1 Å². The third-order valence-corrected chi connectivity index (χ3v) is 2.03. The number of carbonyl (C=O) groups excluding carboxylic acids is 4. The summed E-state index contributed by atoms with van der Waals surface area (Å²) in [6.45, 7) is 0. The maximum Gasteiger partial charge on any atom is 0.247 e. The zero-order chi connectivity index (χ0) is 14.3. The molecule has 0 rings (SSSR count). The minimum atomic E-state index is -1.83. The molecule has 12 N–H and O–H groups in total. The summed E-state index contributed by atoms with van der Waals surface area (Å²) in [5.74, 6) is 11.2. The second-order valence-corrected chi connectivity index (χ2v) is 2.99. The van der Waals surface area contributed by atoms with Gasteiger partial charge in [0.25, 0.3) is 0 Å². The van der Waals surface area contributed by atoms with Gasteiger partial charge in [-0.25, -0.2) is 23.4 Å². The van der Waals surface area contributed by atoms with Gasteiger partial charge in [0.2, 0.25) is 23.6 Å². The van der Waals surface area contributed by atoms with E-state index in [0.29, 0.717) is 0 Å². The molecule has 12 heteroatoms. The minimum Gasteiger partial charge on any atom is -0.294 e. The van der Waals surface area contributed by atoms with Crippen LogP contribution in [0.1, 0.15) is 0 Å². The Bertz CT molecular complexity index is 291. The Hall–Kier alpha value is -2.28. The van der Waals surface area contributed by atoms with Crippen LogP contribution in [0.3, 0.4) is 0 Å². The number of amides is 4. The van der Waals surface area contributed by atoms with Gasteiger partial charge in [-0.05, 0) is 0 Å². The van der Waals surface area contributed by atoms with E-state index >= 15 is 0 Å². The van der Waals surface area contributed by atoms with Gasteiger partial charge in [0, 0.05) is 0 Å². The first kappa shape index (κ1) is 15.7. The molecule has 0 aliphatic rings. The van der Waals surface area contributed by atoms with Gasteiger partial charge in [-0.2, -0.15) is 0 Å². The fourth-order valence-corrected chi connectivity index (χ4v) is 1.20. The average molecular weight is 262 g/mol. The maximum atomic E-state index is 11.4. The number of carbonyl (C=O) groups is 4. The van der Waals surface area contributed by atoms with Crippen molar-refractivity contribution in [2.45, 2.75) is 0 Å². The fraction of sp³-hybridized carbons (Fsp3) is 0.333. The molecule has 0 aromatic rings. The monoisotopic (exact) mass is 262 g/mol. The molecule has 0 aliphatic heterocycles. The van der Waals surface area contributed by atoms with Gasteiger partial charge in [-0.3, -0.25) is 40.9 Å². The van der Waals surface area contributed by atoms with Gasteiger partial charge in [-0.15, -0.1) is 0 Å². The highest BCUT2D eigenvalue weighted by molar-refractivity contribution is 6.12. The highest BCUT2D eigenvalue weighted by Gasteiger charge is 2.43. The molecular formula is C6H14N8O4. The Kier molecular flexibility index (Phi) is 6.22. The van der Waals surface area contributed by atoms with Gasteiger partial charge in [0.05, 0.1) is 0 Å². The predicted octanol–water partition coefficient (Wildman–Crippen LogP) is -5.82. The molecule has 0 atom stereocenters. The molecule has 0 saturated carbocycles. The van der Waals surface area contributed by atoms with Crippen molar-refractivity contribution in [2.75, 3.05) is 0 Å². The van der Waals surface area contributed by atoms with Crippen LogP contribution in [-0.2, 0) is 19.2 Å². The van der Waals surface area contributed by atoms with Crippen molar-refractivity contribution in [3.05, 3.63) is 0 Å². The summed E-state index contributed by atoms with van der Waals surface area (Å²) in [4.78, 5) is 45.6. The molecule has 0 radical (unpaired) electrons. The summed E-state index contributed by atoms with van der Waals surface area (Å²) in [5.41, 5.74) is 6.49. The van der Waals surface area contributed by atoms with Crippen LogP contribution in [0.15, 0.2) is 0 Å². The molecule has 0 saturated heterocycles. The Balaban J connectivity index is 5.47. The van der Waals surface area contributed by atoms with Crippen molar-refractivity contribution in [1.29, 1.82) is 0 Å². The van der Waals surface area contributed by atoms with Crippen molar-refractivity contribution in [1.82, 2.24) is 21.7 Å². The molecule has 0 spiro atoms. The molecule has 0 aromatic heterocycles. The van der Waals surface area contributed by atoms with Crippen LogP contribution in [0.25, 0.3) is 0 Å². The van der Waals surface area contributed by atoms with Crippen molar-refractivity contribution >= 4 is 23.6 Å². The lowest BCUT2D eigenvalue weighted by atomic mass is 9.89. The van der Waals surface area contributed by atoms with Crippen LogP contribution in [0.4, 0.5) is 0 Å². The van der Waals surface area contributed by atoms with E-state index in [9.17, 15) is 19.2 Å². The lowest BCUT2D eigenvalue weighted by Crippen LogP contribution is -2.57. The smallest absolute Gasteiger partial charge is 0.247 e.